The first kappa shape index (κ1) is 19.1. The third-order valence-electron chi connectivity index (χ3n) is 5.62. The number of nitrogens with zero attached hydrogens (tertiary/aromatic N) is 3. The van der Waals surface area contributed by atoms with E-state index in [0.29, 0.717) is 12.5 Å². The highest BCUT2D eigenvalue weighted by Gasteiger charge is 2.25. The third-order valence-corrected chi connectivity index (χ3v) is 5.62. The van der Waals surface area contributed by atoms with Crippen LogP contribution >= 0.6 is 0 Å². The Bertz CT molecular complexity index is 898. The predicted octanol–water partition coefficient (Wildman–Crippen LogP) is 4.59. The standard InChI is InChI=1S/C23H28FN3O/c1-2-28-16-15-27-22-6-4-3-5-21(22)25-23(27)19-11-13-26(14-12-19)17-18-7-9-20(24)10-8-18/h3-10,19H,2,11-17H2,1H3. The summed E-state index contributed by atoms with van der Waals surface area (Å²) in [6, 6.07) is 15.2. The number of piperidine rings is 1. The zero-order chi connectivity index (χ0) is 19.3. The number of hydrogen-bond donors (Lipinski definition) is 0. The van der Waals surface area contributed by atoms with Gasteiger partial charge in [-0.05, 0) is 62.7 Å². The summed E-state index contributed by atoms with van der Waals surface area (Å²) in [7, 11) is 0. The van der Waals surface area contributed by atoms with E-state index in [2.05, 4.69) is 33.7 Å². The summed E-state index contributed by atoms with van der Waals surface area (Å²) in [6.07, 6.45) is 2.19. The number of rotatable bonds is 7. The molecule has 2 aromatic carbocycles. The Labute approximate surface area is 165 Å². The molecule has 1 aromatic heterocycles. The van der Waals surface area contributed by atoms with Gasteiger partial charge in [-0.2, -0.15) is 0 Å². The van der Waals surface area contributed by atoms with E-state index in [-0.39, 0.29) is 5.82 Å². The fourth-order valence-electron chi connectivity index (χ4n) is 4.14. The lowest BCUT2D eigenvalue weighted by molar-refractivity contribution is 0.138. The van der Waals surface area contributed by atoms with Crippen LogP contribution in [0.1, 0.15) is 37.1 Å². The first-order valence-electron chi connectivity index (χ1n) is 10.2. The molecule has 4 nitrogen and oxygen atoms in total. The van der Waals surface area contributed by atoms with Crippen molar-refractivity contribution >= 4 is 11.0 Å². The summed E-state index contributed by atoms with van der Waals surface area (Å²) in [6.45, 7) is 7.29. The third kappa shape index (κ3) is 4.26. The van der Waals surface area contributed by atoms with Crippen molar-refractivity contribution in [2.24, 2.45) is 0 Å². The Hall–Kier alpha value is -2.24. The van der Waals surface area contributed by atoms with Gasteiger partial charge in [-0.25, -0.2) is 9.37 Å². The number of para-hydroxylation sites is 2. The molecule has 1 fully saturated rings. The highest BCUT2D eigenvalue weighted by atomic mass is 19.1. The lowest BCUT2D eigenvalue weighted by Crippen LogP contribution is -2.33. The highest BCUT2D eigenvalue weighted by Crippen LogP contribution is 2.30. The van der Waals surface area contributed by atoms with E-state index in [1.165, 1.54) is 16.9 Å². The molecule has 0 aliphatic carbocycles. The van der Waals surface area contributed by atoms with Crippen molar-refractivity contribution in [2.75, 3.05) is 26.3 Å². The van der Waals surface area contributed by atoms with Gasteiger partial charge in [0.05, 0.1) is 17.6 Å². The number of halogens is 1. The quantitative estimate of drug-likeness (QED) is 0.561. The van der Waals surface area contributed by atoms with Crippen molar-refractivity contribution < 1.29 is 9.13 Å². The number of fused-ring (bicyclic) bond motifs is 1. The second-order valence-corrected chi connectivity index (χ2v) is 7.48. The molecule has 0 atom stereocenters. The molecule has 0 unspecified atom stereocenters. The molecular weight excluding hydrogens is 353 g/mol. The van der Waals surface area contributed by atoms with E-state index in [9.17, 15) is 4.39 Å². The monoisotopic (exact) mass is 381 g/mol. The van der Waals surface area contributed by atoms with E-state index < -0.39 is 0 Å². The molecule has 3 aromatic rings. The zero-order valence-corrected chi connectivity index (χ0v) is 16.5. The van der Waals surface area contributed by atoms with Crippen LogP contribution in [0.25, 0.3) is 11.0 Å². The Morgan fingerprint density at radius 3 is 2.57 bits per heavy atom. The summed E-state index contributed by atoms with van der Waals surface area (Å²) in [5.41, 5.74) is 3.44. The molecular formula is C23H28FN3O. The minimum absolute atomic E-state index is 0.173. The summed E-state index contributed by atoms with van der Waals surface area (Å²) in [5.74, 6) is 1.49. The van der Waals surface area contributed by atoms with E-state index in [0.717, 1.165) is 51.1 Å². The van der Waals surface area contributed by atoms with Crippen LogP contribution in [-0.4, -0.2) is 40.8 Å². The smallest absolute Gasteiger partial charge is 0.123 e. The number of hydrogen-bond acceptors (Lipinski definition) is 3. The number of likely N-dealkylation sites (tertiary alicyclic amines) is 1. The molecule has 0 bridgehead atoms. The average molecular weight is 381 g/mol. The Balaban J connectivity index is 1.45. The molecule has 2 heterocycles. The van der Waals surface area contributed by atoms with Gasteiger partial charge in [0, 0.05) is 25.6 Å². The topological polar surface area (TPSA) is 30.3 Å². The average Bonchev–Trinajstić information content (AvgIpc) is 3.09. The second kappa shape index (κ2) is 8.84. The first-order chi connectivity index (χ1) is 13.7. The van der Waals surface area contributed by atoms with Gasteiger partial charge in [-0.15, -0.1) is 0 Å². The summed E-state index contributed by atoms with van der Waals surface area (Å²) in [4.78, 5) is 7.44. The lowest BCUT2D eigenvalue weighted by Gasteiger charge is -2.32. The summed E-state index contributed by atoms with van der Waals surface area (Å²) >= 11 is 0. The highest BCUT2D eigenvalue weighted by molar-refractivity contribution is 5.76. The zero-order valence-electron chi connectivity index (χ0n) is 16.5. The normalized spacial score (nSPS) is 16.1. The number of aromatic nitrogens is 2. The summed E-state index contributed by atoms with van der Waals surface area (Å²) in [5, 5.41) is 0. The van der Waals surface area contributed by atoms with Crippen molar-refractivity contribution in [1.82, 2.24) is 14.5 Å². The molecule has 0 saturated carbocycles. The van der Waals surface area contributed by atoms with Crippen molar-refractivity contribution in [1.29, 1.82) is 0 Å². The molecule has 1 aliphatic rings. The second-order valence-electron chi connectivity index (χ2n) is 7.48. The van der Waals surface area contributed by atoms with Crippen LogP contribution < -0.4 is 0 Å². The van der Waals surface area contributed by atoms with Gasteiger partial charge in [-0.3, -0.25) is 4.90 Å². The van der Waals surface area contributed by atoms with Gasteiger partial charge in [0.15, 0.2) is 0 Å². The van der Waals surface area contributed by atoms with Crippen LogP contribution in [0.4, 0.5) is 4.39 Å². The molecule has 4 rings (SSSR count). The van der Waals surface area contributed by atoms with Gasteiger partial charge < -0.3 is 9.30 Å². The molecule has 0 spiro atoms. The van der Waals surface area contributed by atoms with Crippen LogP contribution in [0.2, 0.25) is 0 Å². The Morgan fingerprint density at radius 2 is 1.82 bits per heavy atom. The minimum Gasteiger partial charge on any atom is -0.380 e. The fourth-order valence-corrected chi connectivity index (χ4v) is 4.14. The number of ether oxygens (including phenoxy) is 1. The van der Waals surface area contributed by atoms with Crippen molar-refractivity contribution in [2.45, 2.75) is 38.8 Å². The van der Waals surface area contributed by atoms with Crippen molar-refractivity contribution in [3.8, 4) is 0 Å². The summed E-state index contributed by atoms with van der Waals surface area (Å²) < 4.78 is 21.1. The molecule has 0 N–H and O–H groups in total. The van der Waals surface area contributed by atoms with Crippen molar-refractivity contribution in [3.63, 3.8) is 0 Å². The SMILES string of the molecule is CCOCCn1c(C2CCN(Cc3ccc(F)cc3)CC2)nc2ccccc21. The van der Waals surface area contributed by atoms with Gasteiger partial charge in [0.1, 0.15) is 11.6 Å². The van der Waals surface area contributed by atoms with Crippen LogP contribution in [-0.2, 0) is 17.8 Å². The fraction of sp³-hybridized carbons (Fsp3) is 0.435. The molecule has 148 valence electrons. The maximum Gasteiger partial charge on any atom is 0.123 e. The van der Waals surface area contributed by atoms with E-state index in [4.69, 9.17) is 9.72 Å². The van der Waals surface area contributed by atoms with E-state index >= 15 is 0 Å². The van der Waals surface area contributed by atoms with Crippen LogP contribution in [0.15, 0.2) is 48.5 Å². The Morgan fingerprint density at radius 1 is 1.07 bits per heavy atom. The Kier molecular flexibility index (Phi) is 6.03. The van der Waals surface area contributed by atoms with Gasteiger partial charge in [0.25, 0.3) is 0 Å². The number of imidazole rings is 1. The minimum atomic E-state index is -0.173. The van der Waals surface area contributed by atoms with E-state index in [1.807, 2.05) is 19.1 Å². The molecule has 1 saturated heterocycles. The van der Waals surface area contributed by atoms with Gasteiger partial charge >= 0.3 is 0 Å². The van der Waals surface area contributed by atoms with Crippen LogP contribution in [0, 0.1) is 5.82 Å². The maximum atomic E-state index is 13.1. The molecule has 5 heteroatoms. The molecule has 1 aliphatic heterocycles. The molecule has 0 amide bonds. The largest absolute Gasteiger partial charge is 0.380 e. The van der Waals surface area contributed by atoms with Crippen molar-refractivity contribution in [3.05, 3.63) is 65.7 Å². The number of benzene rings is 2. The molecule has 28 heavy (non-hydrogen) atoms. The van der Waals surface area contributed by atoms with Crippen LogP contribution in [0.5, 0.6) is 0 Å². The van der Waals surface area contributed by atoms with Gasteiger partial charge in [0.2, 0.25) is 0 Å². The predicted molar refractivity (Wildman–Crippen MR) is 110 cm³/mol. The first-order valence-corrected chi connectivity index (χ1v) is 10.2. The lowest BCUT2D eigenvalue weighted by atomic mass is 9.95. The molecule has 0 radical (unpaired) electrons. The maximum absolute atomic E-state index is 13.1. The van der Waals surface area contributed by atoms with Gasteiger partial charge in [-0.1, -0.05) is 24.3 Å². The van der Waals surface area contributed by atoms with E-state index in [1.54, 1.807) is 12.1 Å². The van der Waals surface area contributed by atoms with Crippen LogP contribution in [0.3, 0.4) is 0 Å².